The zero-order chi connectivity index (χ0) is 19.5. The zero-order valence-electron chi connectivity index (χ0n) is 16.2. The minimum absolute atomic E-state index is 0.158. The SMILES string of the molecule is CCc1ccsc1C(=O)N1CCN(Cc2nc(-c3ccccc3C)no2)CC1. The van der Waals surface area contributed by atoms with E-state index in [9.17, 15) is 4.79 Å². The van der Waals surface area contributed by atoms with Gasteiger partial charge in [-0.05, 0) is 35.9 Å². The number of aryl methyl sites for hydroxylation is 2. The second kappa shape index (κ2) is 8.24. The van der Waals surface area contributed by atoms with E-state index in [4.69, 9.17) is 4.52 Å². The van der Waals surface area contributed by atoms with Crippen molar-refractivity contribution in [3.63, 3.8) is 0 Å². The van der Waals surface area contributed by atoms with Crippen LogP contribution in [0.4, 0.5) is 0 Å². The first-order chi connectivity index (χ1) is 13.7. The van der Waals surface area contributed by atoms with Crippen molar-refractivity contribution >= 4 is 17.2 Å². The zero-order valence-corrected chi connectivity index (χ0v) is 17.0. The van der Waals surface area contributed by atoms with Crippen LogP contribution in [0.15, 0.2) is 40.2 Å². The average Bonchev–Trinajstić information content (AvgIpc) is 3.38. The Labute approximate surface area is 168 Å². The molecule has 0 N–H and O–H groups in total. The highest BCUT2D eigenvalue weighted by Crippen LogP contribution is 2.22. The Morgan fingerprint density at radius 2 is 1.96 bits per heavy atom. The number of nitrogens with zero attached hydrogens (tertiary/aromatic N) is 4. The Morgan fingerprint density at radius 1 is 1.18 bits per heavy atom. The summed E-state index contributed by atoms with van der Waals surface area (Å²) in [6, 6.07) is 10.1. The van der Waals surface area contributed by atoms with Crippen molar-refractivity contribution in [1.29, 1.82) is 0 Å². The van der Waals surface area contributed by atoms with Gasteiger partial charge in [0, 0.05) is 31.7 Å². The summed E-state index contributed by atoms with van der Waals surface area (Å²) in [4.78, 5) is 22.4. The van der Waals surface area contributed by atoms with Gasteiger partial charge in [0.2, 0.25) is 11.7 Å². The standard InChI is InChI=1S/C21H24N4O2S/c1-3-16-8-13-28-19(16)21(26)25-11-9-24(10-12-25)14-18-22-20(23-27-18)17-7-5-4-6-15(17)2/h4-8,13H,3,9-12,14H2,1-2H3. The van der Waals surface area contributed by atoms with E-state index in [2.05, 4.69) is 28.0 Å². The maximum absolute atomic E-state index is 12.8. The number of amides is 1. The van der Waals surface area contributed by atoms with E-state index in [1.54, 1.807) is 11.3 Å². The monoisotopic (exact) mass is 396 g/mol. The van der Waals surface area contributed by atoms with E-state index in [1.165, 1.54) is 0 Å². The summed E-state index contributed by atoms with van der Waals surface area (Å²) in [6.07, 6.45) is 0.894. The van der Waals surface area contributed by atoms with Gasteiger partial charge in [0.1, 0.15) is 0 Å². The van der Waals surface area contributed by atoms with Gasteiger partial charge in [-0.2, -0.15) is 4.98 Å². The molecule has 1 aromatic carbocycles. The third-order valence-electron chi connectivity index (χ3n) is 5.19. The van der Waals surface area contributed by atoms with Crippen molar-refractivity contribution in [2.24, 2.45) is 0 Å². The summed E-state index contributed by atoms with van der Waals surface area (Å²) >= 11 is 1.54. The number of carbonyl (C=O) groups excluding carboxylic acids is 1. The molecule has 28 heavy (non-hydrogen) atoms. The third-order valence-corrected chi connectivity index (χ3v) is 6.14. The average molecular weight is 397 g/mol. The molecule has 1 saturated heterocycles. The van der Waals surface area contributed by atoms with Gasteiger partial charge in [-0.1, -0.05) is 36.3 Å². The highest BCUT2D eigenvalue weighted by molar-refractivity contribution is 7.12. The molecule has 2 aromatic heterocycles. The van der Waals surface area contributed by atoms with Crippen molar-refractivity contribution in [2.45, 2.75) is 26.8 Å². The highest BCUT2D eigenvalue weighted by Gasteiger charge is 2.25. The van der Waals surface area contributed by atoms with Gasteiger partial charge in [-0.25, -0.2) is 0 Å². The van der Waals surface area contributed by atoms with Gasteiger partial charge in [-0.15, -0.1) is 11.3 Å². The molecule has 6 nitrogen and oxygen atoms in total. The smallest absolute Gasteiger partial charge is 0.264 e. The van der Waals surface area contributed by atoms with E-state index in [-0.39, 0.29) is 5.91 Å². The molecule has 0 spiro atoms. The molecule has 0 radical (unpaired) electrons. The van der Waals surface area contributed by atoms with Crippen LogP contribution >= 0.6 is 11.3 Å². The molecule has 0 unspecified atom stereocenters. The van der Waals surface area contributed by atoms with Crippen LogP contribution in [0.1, 0.15) is 33.6 Å². The molecule has 0 atom stereocenters. The molecule has 1 amide bonds. The maximum atomic E-state index is 12.8. The van der Waals surface area contributed by atoms with Gasteiger partial charge in [0.15, 0.2) is 0 Å². The second-order valence-electron chi connectivity index (χ2n) is 7.02. The van der Waals surface area contributed by atoms with Crippen LogP contribution in [0.2, 0.25) is 0 Å². The molecule has 146 valence electrons. The summed E-state index contributed by atoms with van der Waals surface area (Å²) in [7, 11) is 0. The summed E-state index contributed by atoms with van der Waals surface area (Å²) < 4.78 is 5.46. The number of thiophene rings is 1. The van der Waals surface area contributed by atoms with Crippen LogP contribution in [0, 0.1) is 6.92 Å². The molecule has 0 bridgehead atoms. The van der Waals surface area contributed by atoms with Crippen LogP contribution < -0.4 is 0 Å². The highest BCUT2D eigenvalue weighted by atomic mass is 32.1. The minimum Gasteiger partial charge on any atom is -0.338 e. The fraction of sp³-hybridized carbons (Fsp3) is 0.381. The second-order valence-corrected chi connectivity index (χ2v) is 7.94. The van der Waals surface area contributed by atoms with Gasteiger partial charge in [0.25, 0.3) is 5.91 Å². The molecule has 0 aliphatic carbocycles. The maximum Gasteiger partial charge on any atom is 0.264 e. The summed E-state index contributed by atoms with van der Waals surface area (Å²) in [6.45, 7) is 7.80. The van der Waals surface area contributed by atoms with Gasteiger partial charge in [-0.3, -0.25) is 9.69 Å². The first-order valence-corrected chi connectivity index (χ1v) is 10.5. The lowest BCUT2D eigenvalue weighted by Gasteiger charge is -2.33. The minimum atomic E-state index is 0.158. The van der Waals surface area contributed by atoms with Crippen LogP contribution in [-0.4, -0.2) is 52.0 Å². The quantitative estimate of drug-likeness (QED) is 0.659. The lowest BCUT2D eigenvalue weighted by Crippen LogP contribution is -2.48. The van der Waals surface area contributed by atoms with Gasteiger partial charge >= 0.3 is 0 Å². The lowest BCUT2D eigenvalue weighted by molar-refractivity contribution is 0.0619. The lowest BCUT2D eigenvalue weighted by atomic mass is 10.1. The molecule has 7 heteroatoms. The number of hydrogen-bond acceptors (Lipinski definition) is 6. The number of piperazine rings is 1. The van der Waals surface area contributed by atoms with E-state index < -0.39 is 0 Å². The molecule has 1 aliphatic rings. The van der Waals surface area contributed by atoms with Gasteiger partial charge < -0.3 is 9.42 Å². The van der Waals surface area contributed by atoms with Crippen LogP contribution in [-0.2, 0) is 13.0 Å². The van der Waals surface area contributed by atoms with Crippen molar-refractivity contribution in [1.82, 2.24) is 19.9 Å². The molecule has 3 heterocycles. The largest absolute Gasteiger partial charge is 0.338 e. The number of benzene rings is 1. The Kier molecular flexibility index (Phi) is 5.54. The Hall–Kier alpha value is -2.51. The van der Waals surface area contributed by atoms with Crippen LogP contribution in [0.3, 0.4) is 0 Å². The topological polar surface area (TPSA) is 62.5 Å². The van der Waals surface area contributed by atoms with E-state index in [0.717, 1.165) is 54.2 Å². The van der Waals surface area contributed by atoms with Crippen molar-refractivity contribution in [3.05, 3.63) is 57.6 Å². The Balaban J connectivity index is 1.35. The van der Waals surface area contributed by atoms with E-state index >= 15 is 0 Å². The Bertz CT molecular complexity index is 957. The van der Waals surface area contributed by atoms with Crippen molar-refractivity contribution < 1.29 is 9.32 Å². The Morgan fingerprint density at radius 3 is 2.71 bits per heavy atom. The number of rotatable bonds is 5. The van der Waals surface area contributed by atoms with Crippen LogP contribution in [0.25, 0.3) is 11.4 Å². The number of aromatic nitrogens is 2. The normalized spacial score (nSPS) is 15.1. The van der Waals surface area contributed by atoms with E-state index in [1.807, 2.05) is 41.5 Å². The fourth-order valence-corrected chi connectivity index (χ4v) is 4.46. The molecular weight excluding hydrogens is 372 g/mol. The molecule has 3 aromatic rings. The summed E-state index contributed by atoms with van der Waals surface area (Å²) in [5.74, 6) is 1.40. The molecule has 0 saturated carbocycles. The van der Waals surface area contributed by atoms with Crippen molar-refractivity contribution in [2.75, 3.05) is 26.2 Å². The van der Waals surface area contributed by atoms with Crippen LogP contribution in [0.5, 0.6) is 0 Å². The fourth-order valence-electron chi connectivity index (χ4n) is 3.50. The molecule has 4 rings (SSSR count). The molecular formula is C21H24N4O2S. The predicted octanol–water partition coefficient (Wildman–Crippen LogP) is 3.63. The summed E-state index contributed by atoms with van der Waals surface area (Å²) in [5.41, 5.74) is 3.27. The molecule has 1 fully saturated rings. The predicted molar refractivity (Wildman–Crippen MR) is 109 cm³/mol. The first kappa shape index (κ1) is 18.8. The molecule has 1 aliphatic heterocycles. The number of hydrogen-bond donors (Lipinski definition) is 0. The van der Waals surface area contributed by atoms with Gasteiger partial charge in [0.05, 0.1) is 11.4 Å². The van der Waals surface area contributed by atoms with Crippen molar-refractivity contribution in [3.8, 4) is 11.4 Å². The van der Waals surface area contributed by atoms with E-state index in [0.29, 0.717) is 18.3 Å². The first-order valence-electron chi connectivity index (χ1n) is 9.62. The number of carbonyl (C=O) groups is 1. The third kappa shape index (κ3) is 3.86. The summed E-state index contributed by atoms with van der Waals surface area (Å²) in [5, 5.41) is 6.14.